The van der Waals surface area contributed by atoms with Gasteiger partial charge >= 0.3 is 0 Å². The van der Waals surface area contributed by atoms with E-state index in [2.05, 4.69) is 43.6 Å². The third-order valence-electron chi connectivity index (χ3n) is 11.4. The van der Waals surface area contributed by atoms with Crippen molar-refractivity contribution in [2.24, 2.45) is 28.1 Å². The van der Waals surface area contributed by atoms with E-state index in [1.807, 2.05) is 27.7 Å². The lowest BCUT2D eigenvalue weighted by molar-refractivity contribution is -0.141. The molecule has 306 valence electrons. The van der Waals surface area contributed by atoms with Crippen molar-refractivity contribution in [2.75, 3.05) is 32.8 Å². The van der Waals surface area contributed by atoms with Crippen LogP contribution < -0.4 is 16.0 Å². The number of ketones is 1. The molecule has 2 saturated heterocycles. The van der Waals surface area contributed by atoms with Crippen LogP contribution in [0.4, 0.5) is 0 Å². The summed E-state index contributed by atoms with van der Waals surface area (Å²) in [7, 11) is 0. The minimum Gasteiger partial charge on any atom is -0.375 e. The molecule has 7 amide bonds. The molecule has 0 aromatic carbocycles. The number of hydrogen-bond donors (Lipinski definition) is 3. The summed E-state index contributed by atoms with van der Waals surface area (Å²) in [5, 5.41) is 8.61. The molecule has 3 atom stereocenters. The van der Waals surface area contributed by atoms with Gasteiger partial charge in [-0.25, -0.2) is 0 Å². The Labute approximate surface area is 322 Å². The van der Waals surface area contributed by atoms with Crippen LogP contribution >= 0.6 is 0 Å². The standard InChI is InChI=1S/C40H67N5O9/c1-26-22-32(49)44(35(26)52)19-15-30(47)41-18-13-12-14-29(43-31(48)16-20-45-33(50)23-27(2)36(45)53)34(51)42-25-37(4,5)24-39(8,9)40(10,11)54-21-17-38(6,7)28(3)46/h26-27,29H,12-25H2,1-11H3,(H,41,47)(H,42,51)(H,43,48). The third-order valence-corrected chi connectivity index (χ3v) is 11.4. The minimum atomic E-state index is -0.889. The van der Waals surface area contributed by atoms with Crippen LogP contribution in [-0.2, 0) is 43.1 Å². The highest BCUT2D eigenvalue weighted by Gasteiger charge is 2.43. The predicted octanol–water partition coefficient (Wildman–Crippen LogP) is 3.69. The van der Waals surface area contributed by atoms with Crippen LogP contribution in [0, 0.1) is 28.1 Å². The summed E-state index contributed by atoms with van der Waals surface area (Å²) in [4.78, 5) is 102. The largest absolute Gasteiger partial charge is 0.375 e. The number of ether oxygens (including phenoxy) is 1. The fraction of sp³-hybridized carbons (Fsp3) is 0.800. The van der Waals surface area contributed by atoms with E-state index in [0.717, 1.165) is 9.80 Å². The van der Waals surface area contributed by atoms with Gasteiger partial charge in [-0.2, -0.15) is 0 Å². The molecule has 14 heteroatoms. The van der Waals surface area contributed by atoms with E-state index in [-0.39, 0.29) is 103 Å². The number of Topliss-reactive ketones (excluding diaryl/α,β-unsaturated/α-hetero) is 1. The van der Waals surface area contributed by atoms with E-state index in [9.17, 15) is 38.4 Å². The first-order valence-electron chi connectivity index (χ1n) is 19.5. The molecule has 2 rings (SSSR count). The van der Waals surface area contributed by atoms with Crippen molar-refractivity contribution >= 4 is 47.1 Å². The van der Waals surface area contributed by atoms with Crippen LogP contribution in [-0.4, -0.2) is 101 Å². The number of unbranched alkanes of at least 4 members (excludes halogenated alkanes) is 1. The fourth-order valence-corrected chi connectivity index (χ4v) is 6.77. The summed E-state index contributed by atoms with van der Waals surface area (Å²) in [5.74, 6) is -2.95. The zero-order valence-corrected chi connectivity index (χ0v) is 34.7. The van der Waals surface area contributed by atoms with Gasteiger partial charge in [0.2, 0.25) is 41.4 Å². The van der Waals surface area contributed by atoms with Crippen LogP contribution in [0.2, 0.25) is 0 Å². The lowest BCUT2D eigenvalue weighted by Crippen LogP contribution is -2.51. The number of carbonyl (C=O) groups is 8. The minimum absolute atomic E-state index is 0.0000319. The van der Waals surface area contributed by atoms with Gasteiger partial charge in [-0.05, 0) is 63.7 Å². The highest BCUT2D eigenvalue weighted by molar-refractivity contribution is 6.04. The molecule has 2 fully saturated rings. The summed E-state index contributed by atoms with van der Waals surface area (Å²) >= 11 is 0. The summed E-state index contributed by atoms with van der Waals surface area (Å²) in [6.07, 6.45) is 2.71. The molecule has 3 unspecified atom stereocenters. The first-order chi connectivity index (χ1) is 24.8. The number of carbonyl (C=O) groups excluding carboxylic acids is 8. The van der Waals surface area contributed by atoms with Gasteiger partial charge in [0.05, 0.1) is 5.60 Å². The van der Waals surface area contributed by atoms with Crippen molar-refractivity contribution in [3.05, 3.63) is 0 Å². The van der Waals surface area contributed by atoms with Crippen LogP contribution in [0.1, 0.15) is 134 Å². The highest BCUT2D eigenvalue weighted by atomic mass is 16.5. The van der Waals surface area contributed by atoms with Crippen LogP contribution in [0.5, 0.6) is 0 Å². The summed E-state index contributed by atoms with van der Waals surface area (Å²) in [5.41, 5.74) is -1.69. The second-order valence-electron chi connectivity index (χ2n) is 17.9. The van der Waals surface area contributed by atoms with Gasteiger partial charge in [0, 0.05) is 75.7 Å². The molecule has 0 aromatic heterocycles. The maximum Gasteiger partial charge on any atom is 0.242 e. The summed E-state index contributed by atoms with van der Waals surface area (Å²) in [6.45, 7) is 22.3. The van der Waals surface area contributed by atoms with Crippen molar-refractivity contribution in [2.45, 2.75) is 146 Å². The Morgan fingerprint density at radius 1 is 0.778 bits per heavy atom. The molecule has 14 nitrogen and oxygen atoms in total. The van der Waals surface area contributed by atoms with E-state index < -0.39 is 28.9 Å². The van der Waals surface area contributed by atoms with Crippen molar-refractivity contribution in [1.29, 1.82) is 0 Å². The van der Waals surface area contributed by atoms with E-state index in [1.54, 1.807) is 20.8 Å². The monoisotopic (exact) mass is 761 g/mol. The zero-order valence-electron chi connectivity index (χ0n) is 34.7. The molecular formula is C40H67N5O9. The lowest BCUT2D eigenvalue weighted by atomic mass is 9.67. The topological polar surface area (TPSA) is 188 Å². The fourth-order valence-electron chi connectivity index (χ4n) is 6.77. The molecule has 0 radical (unpaired) electrons. The molecular weight excluding hydrogens is 694 g/mol. The van der Waals surface area contributed by atoms with E-state index >= 15 is 0 Å². The molecule has 0 spiro atoms. The van der Waals surface area contributed by atoms with Crippen LogP contribution in [0.15, 0.2) is 0 Å². The molecule has 3 N–H and O–H groups in total. The van der Waals surface area contributed by atoms with Crippen molar-refractivity contribution in [3.63, 3.8) is 0 Å². The number of hydrogen-bond acceptors (Lipinski definition) is 9. The molecule has 0 bridgehead atoms. The number of imide groups is 2. The van der Waals surface area contributed by atoms with Gasteiger partial charge in [0.15, 0.2) is 0 Å². The normalized spacial score (nSPS) is 19.0. The maximum atomic E-state index is 13.6. The number of rotatable bonds is 23. The van der Waals surface area contributed by atoms with Gasteiger partial charge in [0.1, 0.15) is 11.8 Å². The Morgan fingerprint density at radius 2 is 1.30 bits per heavy atom. The molecule has 2 aliphatic heterocycles. The SMILES string of the molecule is CC(=O)C(C)(C)CCOC(C)(C)C(C)(C)CC(C)(C)CNC(=O)C(CCCCNC(=O)CCN1C(=O)CC(C)C1=O)NC(=O)CCN1C(=O)CC(C)C1=O. The van der Waals surface area contributed by atoms with Gasteiger partial charge in [-0.3, -0.25) is 48.2 Å². The Kier molecular flexibility index (Phi) is 16.6. The Balaban J connectivity index is 1.97. The first kappa shape index (κ1) is 46.5. The second-order valence-corrected chi connectivity index (χ2v) is 17.9. The third kappa shape index (κ3) is 13.6. The van der Waals surface area contributed by atoms with Gasteiger partial charge < -0.3 is 20.7 Å². The lowest BCUT2D eigenvalue weighted by Gasteiger charge is -2.46. The average Bonchev–Trinajstić information content (AvgIpc) is 3.44. The second kappa shape index (κ2) is 19.3. The molecule has 2 heterocycles. The number of nitrogens with one attached hydrogen (secondary N) is 3. The Bertz CT molecular complexity index is 1420. The van der Waals surface area contributed by atoms with Gasteiger partial charge in [0.25, 0.3) is 0 Å². The predicted molar refractivity (Wildman–Crippen MR) is 203 cm³/mol. The number of amides is 7. The van der Waals surface area contributed by atoms with E-state index in [1.165, 1.54) is 0 Å². The van der Waals surface area contributed by atoms with Crippen molar-refractivity contribution in [1.82, 2.24) is 25.8 Å². The van der Waals surface area contributed by atoms with E-state index in [0.29, 0.717) is 45.4 Å². The molecule has 54 heavy (non-hydrogen) atoms. The van der Waals surface area contributed by atoms with Crippen LogP contribution in [0.25, 0.3) is 0 Å². The maximum absolute atomic E-state index is 13.6. The number of likely N-dealkylation sites (tertiary alicyclic amines) is 2. The zero-order chi connectivity index (χ0) is 41.2. The molecule has 2 aliphatic rings. The summed E-state index contributed by atoms with van der Waals surface area (Å²) in [6, 6.07) is -0.889. The van der Waals surface area contributed by atoms with Crippen LogP contribution in [0.3, 0.4) is 0 Å². The quantitative estimate of drug-likeness (QED) is 0.103. The summed E-state index contributed by atoms with van der Waals surface area (Å²) < 4.78 is 6.35. The van der Waals surface area contributed by atoms with E-state index in [4.69, 9.17) is 4.74 Å². The average molecular weight is 762 g/mol. The smallest absolute Gasteiger partial charge is 0.242 e. The van der Waals surface area contributed by atoms with Gasteiger partial charge in [-0.15, -0.1) is 0 Å². The van der Waals surface area contributed by atoms with Gasteiger partial charge in [-0.1, -0.05) is 55.4 Å². The van der Waals surface area contributed by atoms with Crippen molar-refractivity contribution in [3.8, 4) is 0 Å². The molecule has 0 aliphatic carbocycles. The first-order valence-corrected chi connectivity index (χ1v) is 19.5. The molecule has 0 aromatic rings. The Hall–Kier alpha value is -3.68. The number of nitrogens with zero attached hydrogens (tertiary/aromatic N) is 2. The van der Waals surface area contributed by atoms with Crippen molar-refractivity contribution < 1.29 is 43.1 Å². The molecule has 0 saturated carbocycles. The Morgan fingerprint density at radius 3 is 1.78 bits per heavy atom. The highest BCUT2D eigenvalue weighted by Crippen LogP contribution is 2.43.